The summed E-state index contributed by atoms with van der Waals surface area (Å²) in [6, 6.07) is 3.55. The number of aromatic hydroxyl groups is 1. The molecule has 0 spiro atoms. The average Bonchev–Trinajstić information content (AvgIpc) is 2.58. The van der Waals surface area contributed by atoms with Gasteiger partial charge < -0.3 is 15.2 Å². The number of carbonyl (C=O) groups is 1. The Morgan fingerprint density at radius 2 is 2.07 bits per heavy atom. The maximum atomic E-state index is 10.9. The lowest BCUT2D eigenvalue weighted by molar-refractivity contribution is 0.139. The van der Waals surface area contributed by atoms with Crippen molar-refractivity contribution in [1.82, 2.24) is 5.32 Å². The second-order valence-electron chi connectivity index (χ2n) is 3.77. The fraction of sp³-hybridized carbons (Fsp3) is 0.364. The van der Waals surface area contributed by atoms with Crippen molar-refractivity contribution in [1.29, 1.82) is 0 Å². The maximum Gasteiger partial charge on any atom is 0.407 e. The van der Waals surface area contributed by atoms with Gasteiger partial charge in [0.05, 0.1) is 6.54 Å². The van der Waals surface area contributed by atoms with E-state index in [0.717, 1.165) is 11.1 Å². The van der Waals surface area contributed by atoms with Gasteiger partial charge in [-0.1, -0.05) is 0 Å². The molecular formula is C11H13NO3. The number of ether oxygens (including phenoxy) is 1. The minimum atomic E-state index is -0.433. The van der Waals surface area contributed by atoms with Crippen molar-refractivity contribution >= 4 is 6.09 Å². The van der Waals surface area contributed by atoms with E-state index in [1.807, 2.05) is 19.9 Å². The summed E-state index contributed by atoms with van der Waals surface area (Å²) in [7, 11) is 0. The van der Waals surface area contributed by atoms with E-state index in [-0.39, 0.29) is 11.9 Å². The zero-order chi connectivity index (χ0) is 11.0. The number of carbonyl (C=O) groups excluding carboxylic acids is 1. The second-order valence-corrected chi connectivity index (χ2v) is 3.77. The Kier molecular flexibility index (Phi) is 2.26. The summed E-state index contributed by atoms with van der Waals surface area (Å²) in [5.74, 6) is 0.180. The summed E-state index contributed by atoms with van der Waals surface area (Å²) in [5, 5.41) is 12.3. The molecule has 0 saturated carbocycles. The summed E-state index contributed by atoms with van der Waals surface area (Å²) in [4.78, 5) is 10.9. The lowest BCUT2D eigenvalue weighted by Gasteiger charge is -2.12. The number of phenolic OH excluding ortho intramolecular Hbond substituents is 1. The standard InChI is InChI=1S/C11H13NO3/c1-6-3-8(9(13)4-7(6)2)10-5-12-11(14)15-10/h3-4,10,13H,5H2,1-2H3,(H,12,14). The van der Waals surface area contributed by atoms with Crippen LogP contribution < -0.4 is 5.32 Å². The van der Waals surface area contributed by atoms with E-state index in [1.54, 1.807) is 6.07 Å². The van der Waals surface area contributed by atoms with E-state index in [9.17, 15) is 9.90 Å². The molecule has 1 atom stereocenters. The van der Waals surface area contributed by atoms with Crippen molar-refractivity contribution in [2.75, 3.05) is 6.54 Å². The third-order valence-electron chi connectivity index (χ3n) is 2.67. The molecule has 15 heavy (non-hydrogen) atoms. The first-order chi connectivity index (χ1) is 7.08. The van der Waals surface area contributed by atoms with E-state index in [2.05, 4.69) is 5.32 Å². The molecule has 1 aliphatic rings. The van der Waals surface area contributed by atoms with Crippen LogP contribution in [-0.2, 0) is 4.74 Å². The number of alkyl carbamates (subject to hydrolysis) is 1. The summed E-state index contributed by atoms with van der Waals surface area (Å²) < 4.78 is 5.01. The number of cyclic esters (lactones) is 1. The van der Waals surface area contributed by atoms with Crippen molar-refractivity contribution in [3.05, 3.63) is 28.8 Å². The Morgan fingerprint density at radius 3 is 2.67 bits per heavy atom. The Morgan fingerprint density at radius 1 is 1.40 bits per heavy atom. The molecule has 0 aliphatic carbocycles. The maximum absolute atomic E-state index is 10.9. The molecule has 0 radical (unpaired) electrons. The Balaban J connectivity index is 2.36. The molecule has 80 valence electrons. The molecule has 1 saturated heterocycles. The zero-order valence-corrected chi connectivity index (χ0v) is 8.70. The molecule has 1 aromatic rings. The SMILES string of the molecule is Cc1cc(O)c(C2CNC(=O)O2)cc1C. The normalized spacial score (nSPS) is 19.9. The summed E-state index contributed by atoms with van der Waals surface area (Å²) in [6.45, 7) is 4.30. The molecule has 4 heteroatoms. The minimum absolute atomic E-state index is 0.180. The van der Waals surface area contributed by atoms with Crippen LogP contribution in [0, 0.1) is 13.8 Å². The molecular weight excluding hydrogens is 194 g/mol. The van der Waals surface area contributed by atoms with Gasteiger partial charge in [-0.25, -0.2) is 4.79 Å². The first kappa shape index (κ1) is 9.83. The highest BCUT2D eigenvalue weighted by Crippen LogP contribution is 2.31. The molecule has 0 bridgehead atoms. The predicted octanol–water partition coefficient (Wildman–Crippen LogP) is 1.79. The molecule has 2 rings (SSSR count). The van der Waals surface area contributed by atoms with Crippen LogP contribution in [0.3, 0.4) is 0 Å². The van der Waals surface area contributed by atoms with Crippen LogP contribution in [0.25, 0.3) is 0 Å². The number of aryl methyl sites for hydroxylation is 2. The molecule has 1 aromatic carbocycles. The van der Waals surface area contributed by atoms with Gasteiger partial charge in [-0.15, -0.1) is 0 Å². The molecule has 1 heterocycles. The first-order valence-electron chi connectivity index (χ1n) is 4.82. The van der Waals surface area contributed by atoms with Crippen LogP contribution in [0.5, 0.6) is 5.75 Å². The number of nitrogens with one attached hydrogen (secondary N) is 1. The van der Waals surface area contributed by atoms with Gasteiger partial charge in [0, 0.05) is 5.56 Å². The number of hydrogen-bond acceptors (Lipinski definition) is 3. The van der Waals surface area contributed by atoms with Crippen molar-refractivity contribution in [2.45, 2.75) is 20.0 Å². The fourth-order valence-corrected chi connectivity index (χ4v) is 1.64. The highest BCUT2D eigenvalue weighted by atomic mass is 16.6. The Labute approximate surface area is 87.9 Å². The van der Waals surface area contributed by atoms with Crippen molar-refractivity contribution in [3.8, 4) is 5.75 Å². The highest BCUT2D eigenvalue weighted by molar-refractivity contribution is 5.70. The van der Waals surface area contributed by atoms with Gasteiger partial charge in [0.15, 0.2) is 0 Å². The highest BCUT2D eigenvalue weighted by Gasteiger charge is 2.26. The summed E-state index contributed by atoms with van der Waals surface area (Å²) >= 11 is 0. The number of hydrogen-bond donors (Lipinski definition) is 2. The van der Waals surface area contributed by atoms with Gasteiger partial charge in [0.25, 0.3) is 0 Å². The van der Waals surface area contributed by atoms with Crippen LogP contribution in [0.1, 0.15) is 22.8 Å². The Hall–Kier alpha value is -1.71. The van der Waals surface area contributed by atoms with Gasteiger partial charge in [-0.3, -0.25) is 0 Å². The van der Waals surface area contributed by atoms with Crippen LogP contribution in [-0.4, -0.2) is 17.7 Å². The number of phenols is 1. The van der Waals surface area contributed by atoms with Crippen molar-refractivity contribution in [3.63, 3.8) is 0 Å². The first-order valence-corrected chi connectivity index (χ1v) is 4.82. The van der Waals surface area contributed by atoms with Gasteiger partial charge in [-0.2, -0.15) is 0 Å². The Bertz CT molecular complexity index is 415. The molecule has 4 nitrogen and oxygen atoms in total. The largest absolute Gasteiger partial charge is 0.508 e. The molecule has 2 N–H and O–H groups in total. The lowest BCUT2D eigenvalue weighted by atomic mass is 10.0. The van der Waals surface area contributed by atoms with Gasteiger partial charge in [0.1, 0.15) is 11.9 Å². The van der Waals surface area contributed by atoms with Gasteiger partial charge in [-0.05, 0) is 37.1 Å². The number of amides is 1. The van der Waals surface area contributed by atoms with Crippen LogP contribution in [0.15, 0.2) is 12.1 Å². The van der Waals surface area contributed by atoms with Crippen LogP contribution >= 0.6 is 0 Å². The quantitative estimate of drug-likeness (QED) is 0.738. The van der Waals surface area contributed by atoms with E-state index in [0.29, 0.717) is 12.1 Å². The smallest absolute Gasteiger partial charge is 0.407 e. The third-order valence-corrected chi connectivity index (χ3v) is 2.67. The second kappa shape index (κ2) is 3.46. The minimum Gasteiger partial charge on any atom is -0.508 e. The molecule has 0 aromatic heterocycles. The summed E-state index contributed by atoms with van der Waals surface area (Å²) in [5.41, 5.74) is 2.76. The van der Waals surface area contributed by atoms with Crippen molar-refractivity contribution < 1.29 is 14.6 Å². The van der Waals surface area contributed by atoms with Gasteiger partial charge >= 0.3 is 6.09 Å². The topological polar surface area (TPSA) is 58.6 Å². The van der Waals surface area contributed by atoms with Crippen LogP contribution in [0.4, 0.5) is 4.79 Å². The number of benzene rings is 1. The molecule has 1 aliphatic heterocycles. The number of rotatable bonds is 1. The van der Waals surface area contributed by atoms with E-state index in [1.165, 1.54) is 0 Å². The fourth-order valence-electron chi connectivity index (χ4n) is 1.64. The molecule has 1 amide bonds. The lowest BCUT2D eigenvalue weighted by Crippen LogP contribution is -2.12. The molecule has 1 unspecified atom stereocenters. The van der Waals surface area contributed by atoms with Crippen molar-refractivity contribution in [2.24, 2.45) is 0 Å². The predicted molar refractivity (Wildman–Crippen MR) is 54.8 cm³/mol. The zero-order valence-electron chi connectivity index (χ0n) is 8.70. The third kappa shape index (κ3) is 1.75. The van der Waals surface area contributed by atoms with E-state index < -0.39 is 6.09 Å². The monoisotopic (exact) mass is 207 g/mol. The van der Waals surface area contributed by atoms with Crippen LogP contribution in [0.2, 0.25) is 0 Å². The average molecular weight is 207 g/mol. The van der Waals surface area contributed by atoms with E-state index in [4.69, 9.17) is 4.74 Å². The van der Waals surface area contributed by atoms with E-state index >= 15 is 0 Å². The van der Waals surface area contributed by atoms with Gasteiger partial charge in [0.2, 0.25) is 0 Å². The molecule has 1 fully saturated rings. The summed E-state index contributed by atoms with van der Waals surface area (Å²) in [6.07, 6.45) is -0.811.